The molecule has 0 saturated heterocycles. The number of halogens is 2. The summed E-state index contributed by atoms with van der Waals surface area (Å²) in [4.78, 5) is 3.86. The minimum atomic E-state index is -0.897. The van der Waals surface area contributed by atoms with Crippen molar-refractivity contribution in [2.75, 3.05) is 0 Å². The summed E-state index contributed by atoms with van der Waals surface area (Å²) in [6.07, 6.45) is 4.02. The van der Waals surface area contributed by atoms with Crippen LogP contribution in [-0.2, 0) is 0 Å². The Morgan fingerprint density at radius 1 is 1.33 bits per heavy atom. The van der Waals surface area contributed by atoms with Gasteiger partial charge in [-0.1, -0.05) is 6.07 Å². The highest BCUT2D eigenvalue weighted by molar-refractivity contribution is 5.81. The molecule has 1 N–H and O–H groups in total. The Hall–Kier alpha value is -1.84. The molecule has 0 aliphatic heterocycles. The summed E-state index contributed by atoms with van der Waals surface area (Å²) in [6.45, 7) is 1.72. The van der Waals surface area contributed by atoms with Gasteiger partial charge in [0.15, 0.2) is 11.6 Å². The average molecular weight is 208 g/mol. The van der Waals surface area contributed by atoms with Crippen LogP contribution in [0.5, 0.6) is 0 Å². The number of nitrogens with one attached hydrogen (secondary N) is 1. The molecule has 0 bridgehead atoms. The third-order valence-electron chi connectivity index (χ3n) is 1.67. The van der Waals surface area contributed by atoms with Crippen LogP contribution >= 0.6 is 0 Å². The van der Waals surface area contributed by atoms with Gasteiger partial charge in [-0.15, -0.1) is 0 Å². The van der Waals surface area contributed by atoms with E-state index in [1.165, 1.54) is 18.5 Å². The lowest BCUT2D eigenvalue weighted by atomic mass is 10.2. The fourth-order valence-corrected chi connectivity index (χ4v) is 0.871. The molecule has 1 aromatic carbocycles. The van der Waals surface area contributed by atoms with Crippen LogP contribution in [0.3, 0.4) is 0 Å². The fourth-order valence-electron chi connectivity index (χ4n) is 0.871. The van der Waals surface area contributed by atoms with Crippen LogP contribution in [0, 0.1) is 17.0 Å². The molecule has 1 rings (SSSR count). The minimum Gasteiger partial charge on any atom is -0.308 e. The zero-order valence-corrected chi connectivity index (χ0v) is 8.17. The van der Waals surface area contributed by atoms with Crippen LogP contribution < -0.4 is 0 Å². The third kappa shape index (κ3) is 3.42. The molecule has 0 fully saturated rings. The third-order valence-corrected chi connectivity index (χ3v) is 1.67. The van der Waals surface area contributed by atoms with E-state index in [1.807, 2.05) is 0 Å². The van der Waals surface area contributed by atoms with Crippen LogP contribution in [0.4, 0.5) is 8.78 Å². The van der Waals surface area contributed by atoms with E-state index in [4.69, 9.17) is 5.41 Å². The number of aliphatic imine (C=N–C) groups is 1. The summed E-state index contributed by atoms with van der Waals surface area (Å²) in [5, 5.41) is 6.88. The van der Waals surface area contributed by atoms with Crippen LogP contribution in [0.15, 0.2) is 35.0 Å². The molecule has 0 unspecified atom stereocenters. The number of nitrogens with zero attached hydrogens (tertiary/aromatic N) is 1. The van der Waals surface area contributed by atoms with E-state index in [-0.39, 0.29) is 0 Å². The first kappa shape index (κ1) is 11.2. The highest BCUT2D eigenvalue weighted by atomic mass is 19.2. The Balaban J connectivity index is 2.81. The van der Waals surface area contributed by atoms with Gasteiger partial charge >= 0.3 is 0 Å². The summed E-state index contributed by atoms with van der Waals surface area (Å²) in [6, 6.07) is 3.53. The second-order valence-corrected chi connectivity index (χ2v) is 2.97. The highest BCUT2D eigenvalue weighted by Crippen LogP contribution is 2.06. The maximum absolute atomic E-state index is 12.7. The average Bonchev–Trinajstić information content (AvgIpc) is 2.23. The van der Waals surface area contributed by atoms with E-state index in [9.17, 15) is 8.78 Å². The molecule has 0 saturated carbocycles. The second kappa shape index (κ2) is 5.14. The molecule has 1 aromatic rings. The Kier molecular flexibility index (Phi) is 3.85. The number of allylic oxidation sites excluding steroid dienone is 1. The molecule has 0 heterocycles. The highest BCUT2D eigenvalue weighted by Gasteiger charge is 1.99. The van der Waals surface area contributed by atoms with Gasteiger partial charge < -0.3 is 5.41 Å². The first-order valence-electron chi connectivity index (χ1n) is 4.29. The van der Waals surface area contributed by atoms with E-state index in [0.29, 0.717) is 11.1 Å². The molecule has 0 aliphatic rings. The molecule has 15 heavy (non-hydrogen) atoms. The van der Waals surface area contributed by atoms with E-state index >= 15 is 0 Å². The molecule has 0 radical (unpaired) electrons. The van der Waals surface area contributed by atoms with Crippen molar-refractivity contribution >= 4 is 12.4 Å². The van der Waals surface area contributed by atoms with Crippen LogP contribution in [0.1, 0.15) is 12.5 Å². The molecule has 0 atom stereocenters. The van der Waals surface area contributed by atoms with Crippen molar-refractivity contribution in [1.29, 1.82) is 5.41 Å². The lowest BCUT2D eigenvalue weighted by Crippen LogP contribution is -1.87. The Labute approximate surface area is 86.5 Å². The Bertz CT molecular complexity index is 423. The molecular formula is C11H10F2N2. The van der Waals surface area contributed by atoms with Crippen molar-refractivity contribution < 1.29 is 8.78 Å². The number of rotatable bonds is 3. The molecule has 0 spiro atoms. The van der Waals surface area contributed by atoms with Crippen LogP contribution in [-0.4, -0.2) is 12.4 Å². The molecular weight excluding hydrogens is 198 g/mol. The standard InChI is InChI=1S/C11H10F2N2/c1-8(5-14)6-15-7-9-2-3-10(12)11(13)4-9/h2-7,14H,1H3/b8-6-,14-5?,15-7+. The first-order chi connectivity index (χ1) is 7.13. The lowest BCUT2D eigenvalue weighted by Gasteiger charge is -1.94. The van der Waals surface area contributed by atoms with E-state index < -0.39 is 11.6 Å². The lowest BCUT2D eigenvalue weighted by molar-refractivity contribution is 0.508. The van der Waals surface area contributed by atoms with E-state index in [2.05, 4.69) is 4.99 Å². The molecule has 0 aliphatic carbocycles. The van der Waals surface area contributed by atoms with Crippen molar-refractivity contribution in [2.45, 2.75) is 6.92 Å². The van der Waals surface area contributed by atoms with Crippen LogP contribution in [0.2, 0.25) is 0 Å². The summed E-state index contributed by atoms with van der Waals surface area (Å²) < 4.78 is 25.3. The smallest absolute Gasteiger partial charge is 0.159 e. The normalized spacial score (nSPS) is 12.1. The van der Waals surface area contributed by atoms with Gasteiger partial charge in [0.1, 0.15) is 0 Å². The topological polar surface area (TPSA) is 36.2 Å². The Morgan fingerprint density at radius 2 is 2.07 bits per heavy atom. The first-order valence-corrected chi connectivity index (χ1v) is 4.29. The van der Waals surface area contributed by atoms with Gasteiger partial charge in [0.25, 0.3) is 0 Å². The van der Waals surface area contributed by atoms with Crippen molar-refractivity contribution in [1.82, 2.24) is 0 Å². The molecule has 78 valence electrons. The maximum atomic E-state index is 12.7. The second-order valence-electron chi connectivity index (χ2n) is 2.97. The van der Waals surface area contributed by atoms with Crippen molar-refractivity contribution in [3.63, 3.8) is 0 Å². The quantitative estimate of drug-likeness (QED) is 0.741. The maximum Gasteiger partial charge on any atom is 0.159 e. The largest absolute Gasteiger partial charge is 0.308 e. The van der Waals surface area contributed by atoms with Gasteiger partial charge in [-0.25, -0.2) is 8.78 Å². The molecule has 0 amide bonds. The van der Waals surface area contributed by atoms with Gasteiger partial charge in [0, 0.05) is 18.6 Å². The summed E-state index contributed by atoms with van der Waals surface area (Å²) in [7, 11) is 0. The number of hydrogen-bond donors (Lipinski definition) is 1. The predicted octanol–water partition coefficient (Wildman–Crippen LogP) is 2.94. The number of benzene rings is 1. The van der Waals surface area contributed by atoms with E-state index in [1.54, 1.807) is 6.92 Å². The fraction of sp³-hybridized carbons (Fsp3) is 0.0909. The predicted molar refractivity (Wildman–Crippen MR) is 56.5 cm³/mol. The van der Waals surface area contributed by atoms with Gasteiger partial charge in [-0.05, 0) is 30.2 Å². The van der Waals surface area contributed by atoms with Crippen molar-refractivity contribution in [3.8, 4) is 0 Å². The van der Waals surface area contributed by atoms with Crippen molar-refractivity contribution in [3.05, 3.63) is 47.2 Å². The summed E-state index contributed by atoms with van der Waals surface area (Å²) in [5.74, 6) is -1.77. The minimum absolute atomic E-state index is 0.475. The van der Waals surface area contributed by atoms with Crippen LogP contribution in [0.25, 0.3) is 0 Å². The summed E-state index contributed by atoms with van der Waals surface area (Å²) in [5.41, 5.74) is 1.15. The van der Waals surface area contributed by atoms with Gasteiger partial charge in [0.05, 0.1) is 0 Å². The van der Waals surface area contributed by atoms with Crippen molar-refractivity contribution in [2.24, 2.45) is 4.99 Å². The van der Waals surface area contributed by atoms with Gasteiger partial charge in [0.2, 0.25) is 0 Å². The zero-order valence-electron chi connectivity index (χ0n) is 8.17. The Morgan fingerprint density at radius 3 is 2.67 bits per heavy atom. The molecule has 2 nitrogen and oxygen atoms in total. The summed E-state index contributed by atoms with van der Waals surface area (Å²) >= 11 is 0. The SMILES string of the molecule is C/C(C=N)=C/N=C/c1ccc(F)c(F)c1. The zero-order chi connectivity index (χ0) is 11.3. The van der Waals surface area contributed by atoms with Gasteiger partial charge in [-0.3, -0.25) is 4.99 Å². The number of hydrogen-bond acceptors (Lipinski definition) is 2. The van der Waals surface area contributed by atoms with E-state index in [0.717, 1.165) is 18.3 Å². The van der Waals surface area contributed by atoms with Gasteiger partial charge in [-0.2, -0.15) is 0 Å². The monoisotopic (exact) mass is 208 g/mol. The molecule has 0 aromatic heterocycles. The molecule has 4 heteroatoms.